The second-order valence-electron chi connectivity index (χ2n) is 6.04. The number of nitrogens with one attached hydrogen (secondary N) is 1. The minimum Gasteiger partial charge on any atom is -0.326 e. The molecule has 1 heterocycles. The van der Waals surface area contributed by atoms with Crippen LogP contribution < -0.4 is 5.32 Å². The first-order chi connectivity index (χ1) is 11.1. The predicted octanol–water partition coefficient (Wildman–Crippen LogP) is 4.10. The van der Waals surface area contributed by atoms with Gasteiger partial charge in [-0.15, -0.1) is 0 Å². The Labute approximate surface area is 138 Å². The first kappa shape index (κ1) is 18.0. The molecule has 1 N–H and O–H groups in total. The molecule has 0 bridgehead atoms. The van der Waals surface area contributed by atoms with Gasteiger partial charge in [-0.2, -0.15) is 18.3 Å². The standard InChI is InChI=1S/C17H20F3N3O/c1-10-5-6-14(7-11(10)2)21-16(24)12(3)9-23-13(4)8-15(22-23)17(18,19)20/h5-8,12H,9H2,1-4H3,(H,21,24). The van der Waals surface area contributed by atoms with Crippen molar-refractivity contribution in [3.05, 3.63) is 46.8 Å². The van der Waals surface area contributed by atoms with Gasteiger partial charge in [0.1, 0.15) is 0 Å². The fourth-order valence-electron chi connectivity index (χ4n) is 2.26. The van der Waals surface area contributed by atoms with E-state index in [1.807, 2.05) is 26.0 Å². The van der Waals surface area contributed by atoms with Gasteiger partial charge in [0.05, 0.1) is 12.5 Å². The summed E-state index contributed by atoms with van der Waals surface area (Å²) in [4.78, 5) is 12.3. The molecular formula is C17H20F3N3O. The highest BCUT2D eigenvalue weighted by Crippen LogP contribution is 2.28. The average molecular weight is 339 g/mol. The van der Waals surface area contributed by atoms with Crippen LogP contribution in [0.3, 0.4) is 0 Å². The van der Waals surface area contributed by atoms with E-state index in [2.05, 4.69) is 10.4 Å². The van der Waals surface area contributed by atoms with Crippen molar-refractivity contribution in [2.75, 3.05) is 5.32 Å². The van der Waals surface area contributed by atoms with Crippen molar-refractivity contribution in [1.29, 1.82) is 0 Å². The Morgan fingerprint density at radius 1 is 1.21 bits per heavy atom. The normalized spacial score (nSPS) is 13.0. The summed E-state index contributed by atoms with van der Waals surface area (Å²) < 4.78 is 39.3. The van der Waals surface area contributed by atoms with Crippen LogP contribution in [-0.2, 0) is 17.5 Å². The molecule has 4 nitrogen and oxygen atoms in total. The van der Waals surface area contributed by atoms with Gasteiger partial charge in [-0.05, 0) is 50.1 Å². The third kappa shape index (κ3) is 4.15. The molecular weight excluding hydrogens is 319 g/mol. The van der Waals surface area contributed by atoms with E-state index < -0.39 is 17.8 Å². The summed E-state index contributed by atoms with van der Waals surface area (Å²) in [7, 11) is 0. The topological polar surface area (TPSA) is 46.9 Å². The van der Waals surface area contributed by atoms with Crippen molar-refractivity contribution in [1.82, 2.24) is 9.78 Å². The highest BCUT2D eigenvalue weighted by molar-refractivity contribution is 5.92. The molecule has 0 aliphatic carbocycles. The molecule has 2 rings (SSSR count). The van der Waals surface area contributed by atoms with Crippen LogP contribution in [0.4, 0.5) is 18.9 Å². The van der Waals surface area contributed by atoms with Crippen LogP contribution in [0.1, 0.15) is 29.4 Å². The molecule has 0 aliphatic heterocycles. The number of amides is 1. The molecule has 130 valence electrons. The lowest BCUT2D eigenvalue weighted by molar-refractivity contribution is -0.141. The molecule has 1 amide bonds. The predicted molar refractivity (Wildman–Crippen MR) is 85.7 cm³/mol. The summed E-state index contributed by atoms with van der Waals surface area (Å²) in [5.41, 5.74) is 2.27. The number of hydrogen-bond donors (Lipinski definition) is 1. The molecule has 24 heavy (non-hydrogen) atoms. The van der Waals surface area contributed by atoms with Crippen molar-refractivity contribution < 1.29 is 18.0 Å². The van der Waals surface area contributed by atoms with E-state index in [9.17, 15) is 18.0 Å². The third-order valence-corrected chi connectivity index (χ3v) is 3.94. The van der Waals surface area contributed by atoms with Crippen LogP contribution in [0, 0.1) is 26.7 Å². The van der Waals surface area contributed by atoms with Crippen molar-refractivity contribution in [3.63, 3.8) is 0 Å². The van der Waals surface area contributed by atoms with Crippen molar-refractivity contribution in [2.45, 2.75) is 40.4 Å². The second-order valence-corrected chi connectivity index (χ2v) is 6.04. The Kier molecular flexibility index (Phi) is 5.01. The van der Waals surface area contributed by atoms with E-state index in [1.54, 1.807) is 13.0 Å². The van der Waals surface area contributed by atoms with Crippen LogP contribution >= 0.6 is 0 Å². The van der Waals surface area contributed by atoms with Gasteiger partial charge in [0.15, 0.2) is 5.69 Å². The van der Waals surface area contributed by atoms with Gasteiger partial charge in [0, 0.05) is 11.4 Å². The molecule has 0 spiro atoms. The van der Waals surface area contributed by atoms with E-state index >= 15 is 0 Å². The summed E-state index contributed by atoms with van der Waals surface area (Å²) in [5.74, 6) is -0.784. The first-order valence-corrected chi connectivity index (χ1v) is 7.57. The molecule has 1 aromatic carbocycles. The van der Waals surface area contributed by atoms with Crippen LogP contribution in [-0.4, -0.2) is 15.7 Å². The molecule has 1 aromatic heterocycles. The zero-order valence-corrected chi connectivity index (χ0v) is 14.0. The average Bonchev–Trinajstić information content (AvgIpc) is 2.84. The quantitative estimate of drug-likeness (QED) is 0.911. The van der Waals surface area contributed by atoms with Gasteiger partial charge < -0.3 is 5.32 Å². The molecule has 0 fully saturated rings. The number of carbonyl (C=O) groups is 1. The maximum atomic E-state index is 12.7. The smallest absolute Gasteiger partial charge is 0.326 e. The molecule has 1 unspecified atom stereocenters. The fraction of sp³-hybridized carbons (Fsp3) is 0.412. The highest BCUT2D eigenvalue weighted by atomic mass is 19.4. The number of carbonyl (C=O) groups excluding carboxylic acids is 1. The molecule has 0 saturated heterocycles. The van der Waals surface area contributed by atoms with Crippen LogP contribution in [0.2, 0.25) is 0 Å². The lowest BCUT2D eigenvalue weighted by atomic mass is 10.1. The fourth-order valence-corrected chi connectivity index (χ4v) is 2.26. The van der Waals surface area contributed by atoms with E-state index in [0.717, 1.165) is 17.2 Å². The first-order valence-electron chi connectivity index (χ1n) is 7.57. The van der Waals surface area contributed by atoms with E-state index in [0.29, 0.717) is 11.4 Å². The summed E-state index contributed by atoms with van der Waals surface area (Å²) >= 11 is 0. The van der Waals surface area contributed by atoms with Gasteiger partial charge in [-0.25, -0.2) is 0 Å². The molecule has 0 saturated carbocycles. The van der Waals surface area contributed by atoms with Gasteiger partial charge >= 0.3 is 6.18 Å². The van der Waals surface area contributed by atoms with Crippen molar-refractivity contribution in [3.8, 4) is 0 Å². The monoisotopic (exact) mass is 339 g/mol. The summed E-state index contributed by atoms with van der Waals surface area (Å²) in [6, 6.07) is 6.55. The maximum Gasteiger partial charge on any atom is 0.435 e. The SMILES string of the molecule is Cc1ccc(NC(=O)C(C)Cn2nc(C(F)(F)F)cc2C)cc1C. The summed E-state index contributed by atoms with van der Waals surface area (Å²) in [6.45, 7) is 7.20. The highest BCUT2D eigenvalue weighted by Gasteiger charge is 2.34. The zero-order chi connectivity index (χ0) is 18.1. The molecule has 0 radical (unpaired) electrons. The van der Waals surface area contributed by atoms with Crippen LogP contribution in [0.25, 0.3) is 0 Å². The summed E-state index contributed by atoms with van der Waals surface area (Å²) in [6.07, 6.45) is -4.49. The molecule has 7 heteroatoms. The Balaban J connectivity index is 2.06. The Morgan fingerprint density at radius 3 is 2.42 bits per heavy atom. The van der Waals surface area contributed by atoms with Crippen molar-refractivity contribution >= 4 is 11.6 Å². The van der Waals surface area contributed by atoms with Gasteiger partial charge in [-0.3, -0.25) is 9.48 Å². The van der Waals surface area contributed by atoms with Gasteiger partial charge in [0.25, 0.3) is 0 Å². The number of anilines is 1. The van der Waals surface area contributed by atoms with E-state index in [-0.39, 0.29) is 12.5 Å². The molecule has 1 atom stereocenters. The zero-order valence-electron chi connectivity index (χ0n) is 14.0. The minimum absolute atomic E-state index is 0.0819. The molecule has 2 aromatic rings. The third-order valence-electron chi connectivity index (χ3n) is 3.94. The van der Waals surface area contributed by atoms with Gasteiger partial charge in [-0.1, -0.05) is 13.0 Å². The Hall–Kier alpha value is -2.31. The number of aromatic nitrogens is 2. The Morgan fingerprint density at radius 2 is 1.88 bits per heavy atom. The number of aryl methyl sites for hydroxylation is 3. The van der Waals surface area contributed by atoms with Crippen molar-refractivity contribution in [2.24, 2.45) is 5.92 Å². The minimum atomic E-state index is -4.49. The van der Waals surface area contributed by atoms with Crippen LogP contribution in [0.5, 0.6) is 0 Å². The van der Waals surface area contributed by atoms with Gasteiger partial charge in [0.2, 0.25) is 5.91 Å². The molecule has 0 aliphatic rings. The maximum absolute atomic E-state index is 12.7. The van der Waals surface area contributed by atoms with Crippen LogP contribution in [0.15, 0.2) is 24.3 Å². The number of hydrogen-bond acceptors (Lipinski definition) is 2. The van der Waals surface area contributed by atoms with E-state index in [4.69, 9.17) is 0 Å². The second kappa shape index (κ2) is 6.67. The number of nitrogens with zero attached hydrogens (tertiary/aromatic N) is 2. The summed E-state index contributed by atoms with van der Waals surface area (Å²) in [5, 5.41) is 6.33. The lowest BCUT2D eigenvalue weighted by Gasteiger charge is -2.14. The largest absolute Gasteiger partial charge is 0.435 e. The number of alkyl halides is 3. The lowest BCUT2D eigenvalue weighted by Crippen LogP contribution is -2.25. The number of benzene rings is 1. The Bertz CT molecular complexity index is 750. The number of rotatable bonds is 4. The van der Waals surface area contributed by atoms with E-state index in [1.165, 1.54) is 11.6 Å². The number of halogens is 3.